The van der Waals surface area contributed by atoms with Gasteiger partial charge in [0.25, 0.3) is 0 Å². The molecule has 6 nitrogen and oxygen atoms in total. The van der Waals surface area contributed by atoms with Gasteiger partial charge in [-0.05, 0) is 49.2 Å². The molecule has 2 aromatic rings. The molecule has 2 fully saturated rings. The van der Waals surface area contributed by atoms with E-state index in [2.05, 4.69) is 10.3 Å². The first-order valence-corrected chi connectivity index (χ1v) is 9.81. The van der Waals surface area contributed by atoms with Crippen LogP contribution >= 0.6 is 11.6 Å². The van der Waals surface area contributed by atoms with Gasteiger partial charge in [-0.1, -0.05) is 17.7 Å². The molecule has 2 heterocycles. The topological polar surface area (TPSA) is 65.5 Å². The minimum absolute atomic E-state index is 0.00505. The predicted octanol–water partition coefficient (Wildman–Crippen LogP) is 3.64. The van der Waals surface area contributed by atoms with E-state index < -0.39 is 0 Å². The van der Waals surface area contributed by atoms with Gasteiger partial charge >= 0.3 is 6.03 Å². The minimum Gasteiger partial charge on any atom is -0.340 e. The van der Waals surface area contributed by atoms with Crippen LogP contribution in [0.4, 0.5) is 10.5 Å². The molecular formula is C21H23ClN4O2. The summed E-state index contributed by atoms with van der Waals surface area (Å²) in [6.07, 6.45) is 3.46. The van der Waals surface area contributed by atoms with Gasteiger partial charge in [-0.2, -0.15) is 0 Å². The summed E-state index contributed by atoms with van der Waals surface area (Å²) in [4.78, 5) is 33.2. The van der Waals surface area contributed by atoms with Gasteiger partial charge in [-0.25, -0.2) is 4.79 Å². The molecule has 0 bridgehead atoms. The zero-order valence-corrected chi connectivity index (χ0v) is 16.5. The molecule has 7 heteroatoms. The Morgan fingerprint density at radius 1 is 1.29 bits per heavy atom. The van der Waals surface area contributed by atoms with E-state index in [4.69, 9.17) is 11.6 Å². The molecule has 1 aromatic heterocycles. The highest BCUT2D eigenvalue weighted by Crippen LogP contribution is 2.59. The van der Waals surface area contributed by atoms with Crippen molar-refractivity contribution in [2.24, 2.45) is 11.3 Å². The molecule has 2 aliphatic rings. The summed E-state index contributed by atoms with van der Waals surface area (Å²) in [7, 11) is 1.82. The summed E-state index contributed by atoms with van der Waals surface area (Å²) >= 11 is 5.88. The van der Waals surface area contributed by atoms with Crippen molar-refractivity contribution in [1.29, 1.82) is 0 Å². The van der Waals surface area contributed by atoms with E-state index in [1.165, 1.54) is 0 Å². The molecular weight excluding hydrogens is 376 g/mol. The quantitative estimate of drug-likeness (QED) is 0.855. The first kappa shape index (κ1) is 18.7. The van der Waals surface area contributed by atoms with Crippen molar-refractivity contribution in [2.45, 2.75) is 19.4 Å². The van der Waals surface area contributed by atoms with E-state index in [0.29, 0.717) is 30.3 Å². The van der Waals surface area contributed by atoms with Gasteiger partial charge in [0.05, 0.1) is 12.2 Å². The molecule has 1 aliphatic carbocycles. The molecule has 0 unspecified atom stereocenters. The van der Waals surface area contributed by atoms with Crippen LogP contribution < -0.4 is 5.32 Å². The Kier molecular flexibility index (Phi) is 4.98. The number of nitrogens with one attached hydrogen (secondary N) is 1. The summed E-state index contributed by atoms with van der Waals surface area (Å²) in [6.45, 7) is 1.81. The molecule has 1 spiro atoms. The number of nitrogens with zero attached hydrogens (tertiary/aromatic N) is 3. The van der Waals surface area contributed by atoms with Crippen LogP contribution in [0.15, 0.2) is 48.7 Å². The third-order valence-electron chi connectivity index (χ3n) is 5.76. The van der Waals surface area contributed by atoms with Crippen LogP contribution in [-0.2, 0) is 11.3 Å². The number of hydrogen-bond donors (Lipinski definition) is 1. The number of anilines is 1. The highest BCUT2D eigenvalue weighted by atomic mass is 35.5. The number of aromatic nitrogens is 1. The van der Waals surface area contributed by atoms with Crippen LogP contribution in [0.3, 0.4) is 0 Å². The summed E-state index contributed by atoms with van der Waals surface area (Å²) in [5.41, 5.74) is 1.53. The second-order valence-corrected chi connectivity index (χ2v) is 8.18. The van der Waals surface area contributed by atoms with E-state index in [1.807, 2.05) is 25.2 Å². The number of benzene rings is 1. The molecule has 1 saturated heterocycles. The van der Waals surface area contributed by atoms with Crippen LogP contribution in [0, 0.1) is 11.3 Å². The third kappa shape index (κ3) is 3.83. The molecule has 1 saturated carbocycles. The van der Waals surface area contributed by atoms with Crippen LogP contribution in [0.1, 0.15) is 18.5 Å². The molecule has 0 radical (unpaired) electrons. The number of halogens is 1. The molecule has 3 amide bonds. The molecule has 28 heavy (non-hydrogen) atoms. The first-order valence-electron chi connectivity index (χ1n) is 9.43. The van der Waals surface area contributed by atoms with Crippen molar-refractivity contribution in [3.05, 3.63) is 59.4 Å². The van der Waals surface area contributed by atoms with Crippen molar-refractivity contribution in [3.8, 4) is 0 Å². The van der Waals surface area contributed by atoms with Gasteiger partial charge in [-0.15, -0.1) is 0 Å². The van der Waals surface area contributed by atoms with Gasteiger partial charge < -0.3 is 15.1 Å². The Morgan fingerprint density at radius 2 is 2.07 bits per heavy atom. The minimum atomic E-state index is -0.126. The smallest absolute Gasteiger partial charge is 0.321 e. The third-order valence-corrected chi connectivity index (χ3v) is 6.01. The Balaban J connectivity index is 1.32. The maximum absolute atomic E-state index is 12.8. The highest BCUT2D eigenvalue weighted by molar-refractivity contribution is 6.30. The summed E-state index contributed by atoms with van der Waals surface area (Å²) in [5, 5.41) is 3.53. The van der Waals surface area contributed by atoms with Gasteiger partial charge in [0.15, 0.2) is 0 Å². The average Bonchev–Trinajstić information content (AvgIpc) is 3.22. The van der Waals surface area contributed by atoms with Crippen LogP contribution in [0.25, 0.3) is 0 Å². The SMILES string of the molecule is CN(Cc1ccccn1)C(=O)[C@H]1C[C@@]12CCN(C(=O)Nc1ccc(Cl)cc1)C2. The number of urea groups is 1. The second-order valence-electron chi connectivity index (χ2n) is 7.74. The largest absolute Gasteiger partial charge is 0.340 e. The Morgan fingerprint density at radius 3 is 2.79 bits per heavy atom. The number of amides is 3. The first-order chi connectivity index (χ1) is 13.5. The van der Waals surface area contributed by atoms with Gasteiger partial charge in [0.2, 0.25) is 5.91 Å². The number of hydrogen-bond acceptors (Lipinski definition) is 3. The van der Waals surface area contributed by atoms with E-state index in [0.717, 1.165) is 18.5 Å². The molecule has 1 N–H and O–H groups in total. The summed E-state index contributed by atoms with van der Waals surface area (Å²) in [6, 6.07) is 12.6. The number of carbonyl (C=O) groups excluding carboxylic acids is 2. The maximum Gasteiger partial charge on any atom is 0.321 e. The summed E-state index contributed by atoms with van der Waals surface area (Å²) < 4.78 is 0. The lowest BCUT2D eigenvalue weighted by atomic mass is 10.0. The Hall–Kier alpha value is -2.60. The van der Waals surface area contributed by atoms with Crippen molar-refractivity contribution >= 4 is 29.2 Å². The van der Waals surface area contributed by atoms with Crippen molar-refractivity contribution < 1.29 is 9.59 Å². The van der Waals surface area contributed by atoms with Gasteiger partial charge in [-0.3, -0.25) is 9.78 Å². The fourth-order valence-corrected chi connectivity index (χ4v) is 4.16. The molecule has 4 rings (SSSR count). The normalized spacial score (nSPS) is 22.9. The molecule has 2 atom stereocenters. The maximum atomic E-state index is 12.8. The fourth-order valence-electron chi connectivity index (χ4n) is 4.03. The average molecular weight is 399 g/mol. The van der Waals surface area contributed by atoms with E-state index >= 15 is 0 Å². The zero-order valence-electron chi connectivity index (χ0n) is 15.8. The fraction of sp³-hybridized carbons (Fsp3) is 0.381. The summed E-state index contributed by atoms with van der Waals surface area (Å²) in [5.74, 6) is 0.139. The van der Waals surface area contributed by atoms with E-state index in [1.54, 1.807) is 40.3 Å². The highest BCUT2D eigenvalue weighted by Gasteiger charge is 2.61. The number of pyridine rings is 1. The van der Waals surface area contributed by atoms with Crippen molar-refractivity contribution in [2.75, 3.05) is 25.5 Å². The predicted molar refractivity (Wildman–Crippen MR) is 108 cm³/mol. The van der Waals surface area contributed by atoms with E-state index in [-0.39, 0.29) is 23.3 Å². The number of rotatable bonds is 4. The van der Waals surface area contributed by atoms with Gasteiger partial charge in [0.1, 0.15) is 0 Å². The Bertz CT molecular complexity index is 874. The standard InChI is InChI=1S/C21H23ClN4O2/c1-25(13-17-4-2-3-10-23-17)19(27)18-12-21(18)9-11-26(14-21)20(28)24-16-7-5-15(22)6-8-16/h2-8,10,18H,9,11-14H2,1H3,(H,24,28)/t18-,21-/m1/s1. The van der Waals surface area contributed by atoms with Crippen molar-refractivity contribution in [3.63, 3.8) is 0 Å². The molecule has 146 valence electrons. The van der Waals surface area contributed by atoms with Gasteiger partial charge in [0, 0.05) is 48.4 Å². The van der Waals surface area contributed by atoms with Crippen LogP contribution in [0.2, 0.25) is 5.02 Å². The van der Waals surface area contributed by atoms with Crippen LogP contribution in [-0.4, -0.2) is 46.9 Å². The monoisotopic (exact) mass is 398 g/mol. The van der Waals surface area contributed by atoms with Crippen LogP contribution in [0.5, 0.6) is 0 Å². The molecule has 1 aromatic carbocycles. The molecule has 1 aliphatic heterocycles. The second kappa shape index (κ2) is 7.43. The zero-order chi connectivity index (χ0) is 19.7. The number of carbonyl (C=O) groups is 2. The van der Waals surface area contributed by atoms with E-state index in [9.17, 15) is 9.59 Å². The number of likely N-dealkylation sites (tertiary alicyclic amines) is 1. The lowest BCUT2D eigenvalue weighted by Crippen LogP contribution is -2.34. The lowest BCUT2D eigenvalue weighted by Gasteiger charge is -2.20. The lowest BCUT2D eigenvalue weighted by molar-refractivity contribution is -0.132. The van der Waals surface area contributed by atoms with Crippen molar-refractivity contribution in [1.82, 2.24) is 14.8 Å². The Labute approximate surface area is 169 Å².